The summed E-state index contributed by atoms with van der Waals surface area (Å²) in [6.45, 7) is 4.67. The van der Waals surface area contributed by atoms with E-state index in [2.05, 4.69) is 56.3 Å². The molecule has 0 spiro atoms. The molecule has 2 aliphatic rings. The molecule has 0 saturated carbocycles. The van der Waals surface area contributed by atoms with Crippen molar-refractivity contribution in [3.8, 4) is 11.1 Å². The van der Waals surface area contributed by atoms with Crippen LogP contribution < -0.4 is 0 Å². The lowest BCUT2D eigenvalue weighted by Gasteiger charge is -2.15. The van der Waals surface area contributed by atoms with Crippen LogP contribution in [0, 0.1) is 12.8 Å². The molecule has 0 aliphatic heterocycles. The highest BCUT2D eigenvalue weighted by molar-refractivity contribution is 5.82. The molecule has 0 heterocycles. The molecule has 1 unspecified atom stereocenters. The van der Waals surface area contributed by atoms with Gasteiger partial charge in [0.15, 0.2) is 0 Å². The summed E-state index contributed by atoms with van der Waals surface area (Å²) in [6, 6.07) is 13.5. The summed E-state index contributed by atoms with van der Waals surface area (Å²) < 4.78 is 0. The van der Waals surface area contributed by atoms with E-state index in [0.717, 1.165) is 12.3 Å². The molecular formula is C20H20. The van der Waals surface area contributed by atoms with Crippen LogP contribution in [-0.4, -0.2) is 0 Å². The lowest BCUT2D eigenvalue weighted by molar-refractivity contribution is 0.714. The van der Waals surface area contributed by atoms with Gasteiger partial charge >= 0.3 is 0 Å². The summed E-state index contributed by atoms with van der Waals surface area (Å²) in [4.78, 5) is 0. The zero-order valence-corrected chi connectivity index (χ0v) is 12.2. The fraction of sp³-hybridized carbons (Fsp3) is 0.300. The second-order valence-corrected chi connectivity index (χ2v) is 6.24. The second-order valence-electron chi connectivity index (χ2n) is 6.24. The third-order valence-corrected chi connectivity index (χ3v) is 5.08. The van der Waals surface area contributed by atoms with Crippen LogP contribution in [0.2, 0.25) is 0 Å². The highest BCUT2D eigenvalue weighted by Gasteiger charge is 2.24. The van der Waals surface area contributed by atoms with E-state index < -0.39 is 0 Å². The van der Waals surface area contributed by atoms with E-state index in [1.54, 1.807) is 11.1 Å². The fourth-order valence-corrected chi connectivity index (χ4v) is 3.90. The van der Waals surface area contributed by atoms with Crippen molar-refractivity contribution in [2.45, 2.75) is 33.1 Å². The summed E-state index contributed by atoms with van der Waals surface area (Å²) in [5.74, 6) is 0.718. The minimum Gasteiger partial charge on any atom is -0.0804 e. The van der Waals surface area contributed by atoms with Crippen molar-refractivity contribution >= 4 is 5.57 Å². The quantitative estimate of drug-likeness (QED) is 0.551. The summed E-state index contributed by atoms with van der Waals surface area (Å²) in [5, 5.41) is 0. The predicted octanol–water partition coefficient (Wildman–Crippen LogP) is 5.38. The Morgan fingerprint density at radius 2 is 1.75 bits per heavy atom. The Morgan fingerprint density at radius 3 is 2.55 bits per heavy atom. The largest absolute Gasteiger partial charge is 0.0804 e. The molecule has 4 rings (SSSR count). The molecule has 2 aliphatic carbocycles. The maximum atomic E-state index is 2.45. The van der Waals surface area contributed by atoms with Crippen molar-refractivity contribution in [3.05, 3.63) is 64.7 Å². The van der Waals surface area contributed by atoms with Gasteiger partial charge in [-0.25, -0.2) is 0 Å². The van der Waals surface area contributed by atoms with Gasteiger partial charge in [-0.2, -0.15) is 0 Å². The third kappa shape index (κ3) is 1.61. The van der Waals surface area contributed by atoms with Crippen LogP contribution in [0.5, 0.6) is 0 Å². The monoisotopic (exact) mass is 260 g/mol. The summed E-state index contributed by atoms with van der Waals surface area (Å²) in [7, 11) is 0. The number of hydrogen-bond acceptors (Lipinski definition) is 0. The van der Waals surface area contributed by atoms with Crippen LogP contribution >= 0.6 is 0 Å². The lowest BCUT2D eigenvalue weighted by Crippen LogP contribution is -1.98. The van der Waals surface area contributed by atoms with Gasteiger partial charge in [-0.1, -0.05) is 49.4 Å². The van der Waals surface area contributed by atoms with Crippen molar-refractivity contribution in [2.24, 2.45) is 5.92 Å². The molecule has 0 bridgehead atoms. The van der Waals surface area contributed by atoms with E-state index in [1.807, 2.05) is 0 Å². The molecule has 1 atom stereocenters. The van der Waals surface area contributed by atoms with Gasteiger partial charge in [-0.15, -0.1) is 0 Å². The van der Waals surface area contributed by atoms with Crippen molar-refractivity contribution in [2.75, 3.05) is 0 Å². The van der Waals surface area contributed by atoms with Crippen LogP contribution in [0.25, 0.3) is 16.7 Å². The molecule has 0 amide bonds. The number of rotatable bonds is 1. The minimum atomic E-state index is 0.718. The average Bonchev–Trinajstić information content (AvgIpc) is 3.04. The highest BCUT2D eigenvalue weighted by Crippen LogP contribution is 2.42. The first-order valence-corrected chi connectivity index (χ1v) is 7.67. The molecule has 0 radical (unpaired) electrons. The molecule has 100 valence electrons. The first kappa shape index (κ1) is 12.0. The second kappa shape index (κ2) is 4.34. The number of benzene rings is 2. The van der Waals surface area contributed by atoms with Gasteiger partial charge in [0.2, 0.25) is 0 Å². The van der Waals surface area contributed by atoms with Gasteiger partial charge in [-0.05, 0) is 71.1 Å². The fourth-order valence-electron chi connectivity index (χ4n) is 3.90. The van der Waals surface area contributed by atoms with Crippen molar-refractivity contribution in [3.63, 3.8) is 0 Å². The Morgan fingerprint density at radius 1 is 0.950 bits per heavy atom. The molecule has 0 N–H and O–H groups in total. The third-order valence-electron chi connectivity index (χ3n) is 5.08. The maximum Gasteiger partial charge on any atom is -0.00106 e. The van der Waals surface area contributed by atoms with Gasteiger partial charge in [0, 0.05) is 0 Å². The number of fused-ring (bicyclic) bond motifs is 3. The Bertz CT molecular complexity index is 719. The van der Waals surface area contributed by atoms with E-state index in [4.69, 9.17) is 0 Å². The van der Waals surface area contributed by atoms with Crippen LogP contribution in [-0.2, 0) is 6.42 Å². The molecule has 0 nitrogen and oxygen atoms in total. The van der Waals surface area contributed by atoms with Crippen LogP contribution in [0.1, 0.15) is 42.0 Å². The van der Waals surface area contributed by atoms with E-state index in [0.29, 0.717) is 0 Å². The normalized spacial score (nSPS) is 19.7. The maximum absolute atomic E-state index is 2.45. The van der Waals surface area contributed by atoms with Crippen LogP contribution in [0.3, 0.4) is 0 Å². The topological polar surface area (TPSA) is 0 Å². The van der Waals surface area contributed by atoms with E-state index >= 15 is 0 Å². The van der Waals surface area contributed by atoms with E-state index in [1.165, 1.54) is 40.7 Å². The standard InChI is InChI=1S/C20H20/c1-13-6-5-9-16(13)17-10-11-19-18-8-4-3-7-15(18)12-20(19)14(17)2/h3-4,7-11,13H,5-6,12H2,1-2H3. The first-order chi connectivity index (χ1) is 9.75. The molecule has 2 aromatic rings. The van der Waals surface area contributed by atoms with Gasteiger partial charge in [-0.3, -0.25) is 0 Å². The molecule has 20 heavy (non-hydrogen) atoms. The van der Waals surface area contributed by atoms with Crippen molar-refractivity contribution < 1.29 is 0 Å². The lowest BCUT2D eigenvalue weighted by atomic mass is 9.89. The van der Waals surface area contributed by atoms with Crippen molar-refractivity contribution in [1.82, 2.24) is 0 Å². The Hall–Kier alpha value is -1.82. The smallest absolute Gasteiger partial charge is 0.00106 e. The summed E-state index contributed by atoms with van der Waals surface area (Å²) in [6.07, 6.45) is 6.10. The van der Waals surface area contributed by atoms with E-state index in [-0.39, 0.29) is 0 Å². The van der Waals surface area contributed by atoms with Gasteiger partial charge in [0.05, 0.1) is 0 Å². The Kier molecular flexibility index (Phi) is 2.60. The van der Waals surface area contributed by atoms with Gasteiger partial charge in [0.25, 0.3) is 0 Å². The molecule has 0 aromatic heterocycles. The Labute approximate surface area is 121 Å². The zero-order valence-electron chi connectivity index (χ0n) is 12.2. The summed E-state index contributed by atoms with van der Waals surface area (Å²) >= 11 is 0. The van der Waals surface area contributed by atoms with Crippen LogP contribution in [0.4, 0.5) is 0 Å². The molecule has 0 saturated heterocycles. The van der Waals surface area contributed by atoms with E-state index in [9.17, 15) is 0 Å². The summed E-state index contributed by atoms with van der Waals surface area (Å²) in [5.41, 5.74) is 10.5. The molecule has 0 fully saturated rings. The Balaban J connectivity index is 1.87. The molecular weight excluding hydrogens is 240 g/mol. The molecule has 0 heteroatoms. The van der Waals surface area contributed by atoms with Gasteiger partial charge < -0.3 is 0 Å². The van der Waals surface area contributed by atoms with Crippen molar-refractivity contribution in [1.29, 1.82) is 0 Å². The minimum absolute atomic E-state index is 0.718. The number of hydrogen-bond donors (Lipinski definition) is 0. The van der Waals surface area contributed by atoms with Gasteiger partial charge in [0.1, 0.15) is 0 Å². The molecule has 2 aromatic carbocycles. The first-order valence-electron chi connectivity index (χ1n) is 7.67. The number of allylic oxidation sites excluding steroid dienone is 2. The SMILES string of the molecule is Cc1c(C2=CCCC2C)ccc2c1Cc1ccccc1-2. The van der Waals surface area contributed by atoms with Crippen LogP contribution in [0.15, 0.2) is 42.5 Å². The highest BCUT2D eigenvalue weighted by atomic mass is 14.3. The predicted molar refractivity (Wildman–Crippen MR) is 85.8 cm³/mol. The average molecular weight is 260 g/mol. The zero-order chi connectivity index (χ0) is 13.7.